The predicted molar refractivity (Wildman–Crippen MR) is 122 cm³/mol. The summed E-state index contributed by atoms with van der Waals surface area (Å²) in [5.74, 6) is -0.487. The van der Waals surface area contributed by atoms with Crippen molar-refractivity contribution in [3.63, 3.8) is 0 Å². The number of hydrogen-bond donors (Lipinski definition) is 1. The number of piperidine rings is 1. The van der Waals surface area contributed by atoms with E-state index >= 15 is 0 Å². The Morgan fingerprint density at radius 3 is 2.16 bits per heavy atom. The van der Waals surface area contributed by atoms with Crippen molar-refractivity contribution < 1.29 is 13.0 Å². The van der Waals surface area contributed by atoms with Crippen LogP contribution in [0.2, 0.25) is 5.02 Å². The number of benzene rings is 3. The minimum absolute atomic E-state index is 0.0489. The SMILES string of the molecule is O=S(Nc1cccc(Cl)c1)N1CCCC(C(c2ccc(F)cc2)c2ccc(F)cc2)C1. The highest BCUT2D eigenvalue weighted by molar-refractivity contribution is 7.84. The zero-order valence-corrected chi connectivity index (χ0v) is 18.4. The summed E-state index contributed by atoms with van der Waals surface area (Å²) >= 11 is 4.61. The fourth-order valence-corrected chi connectivity index (χ4v) is 5.46. The van der Waals surface area contributed by atoms with E-state index in [4.69, 9.17) is 11.6 Å². The molecule has 2 unspecified atom stereocenters. The average molecular weight is 461 g/mol. The van der Waals surface area contributed by atoms with E-state index in [2.05, 4.69) is 4.72 Å². The fourth-order valence-electron chi connectivity index (χ4n) is 4.19. The zero-order chi connectivity index (χ0) is 21.8. The lowest BCUT2D eigenvalue weighted by atomic mass is 9.77. The van der Waals surface area contributed by atoms with Crippen LogP contribution in [0.15, 0.2) is 72.8 Å². The fraction of sp³-hybridized carbons (Fsp3) is 0.250. The maximum absolute atomic E-state index is 13.5. The van der Waals surface area contributed by atoms with Gasteiger partial charge in [0.05, 0.1) is 0 Å². The van der Waals surface area contributed by atoms with Crippen LogP contribution in [-0.4, -0.2) is 21.6 Å². The summed E-state index contributed by atoms with van der Waals surface area (Å²) in [6.45, 7) is 1.30. The summed E-state index contributed by atoms with van der Waals surface area (Å²) in [5, 5.41) is 0.575. The van der Waals surface area contributed by atoms with Crippen LogP contribution in [0.25, 0.3) is 0 Å². The lowest BCUT2D eigenvalue weighted by Crippen LogP contribution is -2.41. The molecule has 7 heteroatoms. The third-order valence-electron chi connectivity index (χ3n) is 5.61. The molecule has 1 aliphatic heterocycles. The monoisotopic (exact) mass is 460 g/mol. The second-order valence-electron chi connectivity index (χ2n) is 7.73. The number of halogens is 3. The summed E-state index contributed by atoms with van der Waals surface area (Å²) in [6, 6.07) is 20.1. The van der Waals surface area contributed by atoms with Crippen LogP contribution in [0.4, 0.5) is 14.5 Å². The van der Waals surface area contributed by atoms with Crippen molar-refractivity contribution in [2.45, 2.75) is 18.8 Å². The molecule has 0 spiro atoms. The van der Waals surface area contributed by atoms with E-state index in [-0.39, 0.29) is 23.5 Å². The molecule has 3 nitrogen and oxygen atoms in total. The third kappa shape index (κ3) is 5.50. The van der Waals surface area contributed by atoms with Crippen molar-refractivity contribution in [3.8, 4) is 0 Å². The highest BCUT2D eigenvalue weighted by Gasteiger charge is 2.32. The molecule has 1 N–H and O–H groups in total. The molecule has 0 radical (unpaired) electrons. The molecule has 3 aromatic rings. The summed E-state index contributed by atoms with van der Waals surface area (Å²) in [4.78, 5) is 0. The first kappa shape index (κ1) is 21.9. The van der Waals surface area contributed by atoms with Crippen LogP contribution in [0, 0.1) is 17.6 Å². The van der Waals surface area contributed by atoms with E-state index in [0.717, 1.165) is 24.0 Å². The smallest absolute Gasteiger partial charge is 0.196 e. The van der Waals surface area contributed by atoms with Gasteiger partial charge < -0.3 is 0 Å². The van der Waals surface area contributed by atoms with Crippen LogP contribution in [0.5, 0.6) is 0 Å². The Kier molecular flexibility index (Phi) is 7.00. The second-order valence-corrected chi connectivity index (χ2v) is 9.39. The highest BCUT2D eigenvalue weighted by Crippen LogP contribution is 2.37. The Balaban J connectivity index is 1.57. The Bertz CT molecular complexity index is 1000. The van der Waals surface area contributed by atoms with Crippen LogP contribution in [0.3, 0.4) is 0 Å². The van der Waals surface area contributed by atoms with E-state index in [1.54, 1.807) is 42.5 Å². The van der Waals surface area contributed by atoms with E-state index in [0.29, 0.717) is 23.8 Å². The number of nitrogens with one attached hydrogen (secondary N) is 1. The van der Waals surface area contributed by atoms with Gasteiger partial charge in [0.15, 0.2) is 11.2 Å². The normalized spacial score (nSPS) is 18.1. The first-order valence-corrected chi connectivity index (χ1v) is 11.7. The zero-order valence-electron chi connectivity index (χ0n) is 16.8. The molecule has 1 heterocycles. The molecule has 0 amide bonds. The molecule has 0 aliphatic carbocycles. The van der Waals surface area contributed by atoms with Gasteiger partial charge in [0.1, 0.15) is 11.6 Å². The lowest BCUT2D eigenvalue weighted by Gasteiger charge is -2.36. The first-order valence-electron chi connectivity index (χ1n) is 10.2. The summed E-state index contributed by atoms with van der Waals surface area (Å²) in [7, 11) is 0. The predicted octanol–water partition coefficient (Wildman–Crippen LogP) is 6.15. The summed E-state index contributed by atoms with van der Waals surface area (Å²) in [6.07, 6.45) is 1.82. The quantitative estimate of drug-likeness (QED) is 0.470. The van der Waals surface area contributed by atoms with Crippen molar-refractivity contribution in [1.29, 1.82) is 0 Å². The maximum Gasteiger partial charge on any atom is 0.196 e. The van der Waals surface area contributed by atoms with Gasteiger partial charge in [-0.05, 0) is 72.4 Å². The number of hydrogen-bond acceptors (Lipinski definition) is 1. The Morgan fingerprint density at radius 1 is 0.968 bits per heavy atom. The van der Waals surface area contributed by atoms with Gasteiger partial charge in [0, 0.05) is 29.7 Å². The Morgan fingerprint density at radius 2 is 1.58 bits per heavy atom. The van der Waals surface area contributed by atoms with Crippen molar-refractivity contribution in [2.75, 3.05) is 17.8 Å². The van der Waals surface area contributed by atoms with Crippen molar-refractivity contribution >= 4 is 28.5 Å². The summed E-state index contributed by atoms with van der Waals surface area (Å²) in [5.41, 5.74) is 2.63. The second kappa shape index (κ2) is 9.90. The minimum Gasteiger partial charge on any atom is -0.292 e. The number of rotatable bonds is 6. The molecule has 0 aromatic heterocycles. The van der Waals surface area contributed by atoms with E-state index in [1.807, 2.05) is 10.4 Å². The van der Waals surface area contributed by atoms with Gasteiger partial charge >= 0.3 is 0 Å². The first-order chi connectivity index (χ1) is 15.0. The molecular formula is C24H23ClF2N2OS. The van der Waals surface area contributed by atoms with Gasteiger partial charge in [-0.15, -0.1) is 0 Å². The molecule has 2 atom stereocenters. The molecular weight excluding hydrogens is 438 g/mol. The van der Waals surface area contributed by atoms with Gasteiger partial charge in [0.2, 0.25) is 0 Å². The standard InChI is InChI=1S/C24H23ClF2N2OS/c25-20-4-1-5-23(15-20)28-31(30)29-14-2-3-19(16-29)24(17-6-10-21(26)11-7-17)18-8-12-22(27)13-9-18/h1,4-13,15,19,24,28H,2-3,14,16H2. The molecule has 31 heavy (non-hydrogen) atoms. The van der Waals surface area contributed by atoms with E-state index < -0.39 is 11.2 Å². The van der Waals surface area contributed by atoms with Gasteiger partial charge in [0.25, 0.3) is 0 Å². The van der Waals surface area contributed by atoms with Crippen molar-refractivity contribution in [2.24, 2.45) is 5.92 Å². The molecule has 1 aliphatic rings. The topological polar surface area (TPSA) is 32.3 Å². The van der Waals surface area contributed by atoms with E-state index in [9.17, 15) is 13.0 Å². The highest BCUT2D eigenvalue weighted by atomic mass is 35.5. The molecule has 1 saturated heterocycles. The van der Waals surface area contributed by atoms with Crippen molar-refractivity contribution in [3.05, 3.63) is 101 Å². The minimum atomic E-state index is -1.42. The Labute approximate surface area is 188 Å². The Hall–Kier alpha value is -2.28. The van der Waals surface area contributed by atoms with Gasteiger partial charge in [-0.3, -0.25) is 4.72 Å². The maximum atomic E-state index is 13.5. The van der Waals surface area contributed by atoms with E-state index in [1.165, 1.54) is 24.3 Å². The van der Waals surface area contributed by atoms with Gasteiger partial charge in [-0.25, -0.2) is 17.3 Å². The van der Waals surface area contributed by atoms with Crippen LogP contribution < -0.4 is 4.72 Å². The molecule has 0 saturated carbocycles. The third-order valence-corrected chi connectivity index (χ3v) is 7.06. The van der Waals surface area contributed by atoms with Crippen LogP contribution >= 0.6 is 11.6 Å². The van der Waals surface area contributed by atoms with Crippen molar-refractivity contribution in [1.82, 2.24) is 4.31 Å². The van der Waals surface area contributed by atoms with Crippen LogP contribution in [-0.2, 0) is 11.2 Å². The lowest BCUT2D eigenvalue weighted by molar-refractivity contribution is 0.258. The molecule has 3 aromatic carbocycles. The molecule has 0 bridgehead atoms. The van der Waals surface area contributed by atoms with Crippen LogP contribution in [0.1, 0.15) is 29.9 Å². The largest absolute Gasteiger partial charge is 0.292 e. The molecule has 162 valence electrons. The number of nitrogens with zero attached hydrogens (tertiary/aromatic N) is 1. The van der Waals surface area contributed by atoms with Gasteiger partial charge in [-0.1, -0.05) is 41.9 Å². The average Bonchev–Trinajstić information content (AvgIpc) is 2.77. The summed E-state index contributed by atoms with van der Waals surface area (Å²) < 4.78 is 45.0. The number of anilines is 1. The molecule has 1 fully saturated rings. The molecule has 4 rings (SSSR count). The van der Waals surface area contributed by atoms with Gasteiger partial charge in [-0.2, -0.15) is 0 Å².